The Morgan fingerprint density at radius 1 is 0.733 bits per heavy atom. The van der Waals surface area contributed by atoms with E-state index < -0.39 is 17.9 Å². The van der Waals surface area contributed by atoms with Crippen molar-refractivity contribution in [1.82, 2.24) is 0 Å². The minimum atomic E-state index is -0.570. The van der Waals surface area contributed by atoms with Gasteiger partial charge in [0, 0.05) is 12.1 Å². The second-order valence-electron chi connectivity index (χ2n) is 5.45. The van der Waals surface area contributed by atoms with Gasteiger partial charge in [0.25, 0.3) is 0 Å². The quantitative estimate of drug-likeness (QED) is 0.283. The van der Waals surface area contributed by atoms with Crippen molar-refractivity contribution in [3.63, 3.8) is 0 Å². The van der Waals surface area contributed by atoms with Crippen LogP contribution in [0.4, 0.5) is 0 Å². The number of carbonyl (C=O) groups excluding carboxylic acids is 3. The molecule has 0 bridgehead atoms. The molecule has 0 saturated carbocycles. The average Bonchev–Trinajstić information content (AvgIpc) is 2.71. The van der Waals surface area contributed by atoms with E-state index in [1.165, 1.54) is 12.1 Å². The first-order valence-corrected chi connectivity index (χ1v) is 9.41. The molecule has 0 heterocycles. The zero-order valence-electron chi connectivity index (χ0n) is 17.6. The largest absolute Gasteiger partial charge is 0.482 e. The Bertz CT molecular complexity index is 746. The molecule has 9 heteroatoms. The second kappa shape index (κ2) is 13.7. The number of hydrogen-bond donors (Lipinski definition) is 0. The number of rotatable bonds is 12. The van der Waals surface area contributed by atoms with Gasteiger partial charge in [-0.1, -0.05) is 5.92 Å². The van der Waals surface area contributed by atoms with Crippen LogP contribution in [0.3, 0.4) is 0 Å². The van der Waals surface area contributed by atoms with Gasteiger partial charge in [-0.15, -0.1) is 5.92 Å². The maximum absolute atomic E-state index is 11.7. The molecule has 0 amide bonds. The fourth-order valence-electron chi connectivity index (χ4n) is 2.15. The maximum atomic E-state index is 11.7. The molecule has 1 aromatic carbocycles. The Hall–Kier alpha value is -3.41. The number of ether oxygens (including phenoxy) is 6. The van der Waals surface area contributed by atoms with Crippen LogP contribution < -0.4 is 14.2 Å². The van der Waals surface area contributed by atoms with Gasteiger partial charge < -0.3 is 28.4 Å². The molecule has 0 unspecified atom stereocenters. The van der Waals surface area contributed by atoms with Crippen LogP contribution in [-0.4, -0.2) is 57.5 Å². The van der Waals surface area contributed by atoms with Gasteiger partial charge in [-0.2, -0.15) is 0 Å². The van der Waals surface area contributed by atoms with E-state index in [2.05, 4.69) is 11.8 Å². The van der Waals surface area contributed by atoms with Crippen molar-refractivity contribution >= 4 is 17.9 Å². The lowest BCUT2D eigenvalue weighted by Crippen LogP contribution is -2.17. The van der Waals surface area contributed by atoms with E-state index in [1.807, 2.05) is 0 Å². The Morgan fingerprint density at radius 3 is 1.50 bits per heavy atom. The van der Waals surface area contributed by atoms with Crippen LogP contribution in [0, 0.1) is 11.8 Å². The molecule has 30 heavy (non-hydrogen) atoms. The lowest BCUT2D eigenvalue weighted by Gasteiger charge is -2.15. The van der Waals surface area contributed by atoms with Crippen molar-refractivity contribution in [2.45, 2.75) is 27.7 Å². The second-order valence-corrected chi connectivity index (χ2v) is 5.45. The highest BCUT2D eigenvalue weighted by Gasteiger charge is 2.17. The van der Waals surface area contributed by atoms with E-state index in [0.717, 1.165) is 0 Å². The van der Waals surface area contributed by atoms with Gasteiger partial charge in [0.05, 0.1) is 19.8 Å². The Labute approximate surface area is 175 Å². The Morgan fingerprint density at radius 2 is 1.13 bits per heavy atom. The molecule has 1 rings (SSSR count). The van der Waals surface area contributed by atoms with Crippen LogP contribution in [0.5, 0.6) is 17.2 Å². The summed E-state index contributed by atoms with van der Waals surface area (Å²) >= 11 is 0. The predicted molar refractivity (Wildman–Crippen MR) is 105 cm³/mol. The third-order valence-electron chi connectivity index (χ3n) is 3.25. The van der Waals surface area contributed by atoms with Crippen molar-refractivity contribution in [2.75, 3.05) is 39.6 Å². The van der Waals surface area contributed by atoms with E-state index in [-0.39, 0.29) is 56.9 Å². The summed E-state index contributed by atoms with van der Waals surface area (Å²) in [5.74, 6) is 4.37. The van der Waals surface area contributed by atoms with Gasteiger partial charge in [-0.3, -0.25) is 0 Å². The first-order chi connectivity index (χ1) is 14.4. The highest BCUT2D eigenvalue weighted by molar-refractivity contribution is 5.73. The lowest BCUT2D eigenvalue weighted by atomic mass is 10.1. The summed E-state index contributed by atoms with van der Waals surface area (Å²) in [6.45, 7) is 6.19. The van der Waals surface area contributed by atoms with Crippen LogP contribution >= 0.6 is 0 Å². The molecule has 0 aromatic heterocycles. The number of esters is 3. The first kappa shape index (κ1) is 24.6. The predicted octanol–water partition coefficient (Wildman–Crippen LogP) is 1.88. The van der Waals surface area contributed by atoms with E-state index in [4.69, 9.17) is 28.4 Å². The Balaban J connectivity index is 3.17. The number of hydrogen-bond acceptors (Lipinski definition) is 9. The van der Waals surface area contributed by atoms with Crippen LogP contribution in [0.1, 0.15) is 33.3 Å². The molecule has 0 fully saturated rings. The minimum absolute atomic E-state index is 0.164. The van der Waals surface area contributed by atoms with Crippen LogP contribution in [-0.2, 0) is 28.6 Å². The van der Waals surface area contributed by atoms with Gasteiger partial charge in [0.15, 0.2) is 19.8 Å². The van der Waals surface area contributed by atoms with Gasteiger partial charge in [-0.05, 0) is 27.7 Å². The maximum Gasteiger partial charge on any atom is 0.344 e. The van der Waals surface area contributed by atoms with E-state index in [0.29, 0.717) is 5.56 Å². The molecular formula is C21H26O9. The first-order valence-electron chi connectivity index (χ1n) is 9.41. The summed E-state index contributed by atoms with van der Waals surface area (Å²) in [5.41, 5.74) is 0.301. The standard InChI is InChI=1S/C21H26O9/c1-5-9-16-17(29-13-20(23)26-7-3)10-15(28-12-19(22)25-6-2)11-18(16)30-14-21(24)27-8-4/h10-11H,6-8,12-14H2,1-4H3. The summed E-state index contributed by atoms with van der Waals surface area (Å²) in [4.78, 5) is 34.9. The molecule has 164 valence electrons. The Kier molecular flexibility index (Phi) is 11.3. The van der Waals surface area contributed by atoms with Gasteiger partial charge in [0.2, 0.25) is 0 Å². The molecule has 0 atom stereocenters. The van der Waals surface area contributed by atoms with E-state index in [9.17, 15) is 14.4 Å². The van der Waals surface area contributed by atoms with Crippen molar-refractivity contribution in [3.8, 4) is 29.1 Å². The smallest absolute Gasteiger partial charge is 0.344 e. The summed E-state index contributed by atoms with van der Waals surface area (Å²) in [5, 5.41) is 0. The molecule has 0 spiro atoms. The minimum Gasteiger partial charge on any atom is -0.482 e. The zero-order valence-corrected chi connectivity index (χ0v) is 17.6. The zero-order chi connectivity index (χ0) is 22.4. The highest BCUT2D eigenvalue weighted by atomic mass is 16.6. The average molecular weight is 422 g/mol. The van der Waals surface area contributed by atoms with Crippen molar-refractivity contribution in [2.24, 2.45) is 0 Å². The fourth-order valence-corrected chi connectivity index (χ4v) is 2.15. The number of benzene rings is 1. The summed E-state index contributed by atoms with van der Waals surface area (Å²) in [7, 11) is 0. The van der Waals surface area contributed by atoms with E-state index >= 15 is 0 Å². The van der Waals surface area contributed by atoms with Gasteiger partial charge in [-0.25, -0.2) is 14.4 Å². The third kappa shape index (κ3) is 8.73. The SMILES string of the molecule is CC#Cc1c(OCC(=O)OCC)cc(OCC(=O)OCC)cc1OCC(=O)OCC. The molecule has 9 nitrogen and oxygen atoms in total. The van der Waals surface area contributed by atoms with Crippen LogP contribution in [0.2, 0.25) is 0 Å². The van der Waals surface area contributed by atoms with Crippen molar-refractivity contribution < 1.29 is 42.8 Å². The monoisotopic (exact) mass is 422 g/mol. The van der Waals surface area contributed by atoms with Crippen LogP contribution in [0.15, 0.2) is 12.1 Å². The molecule has 1 aromatic rings. The lowest BCUT2D eigenvalue weighted by molar-refractivity contribution is -0.146. The molecule has 0 N–H and O–H groups in total. The topological polar surface area (TPSA) is 107 Å². The molecule has 0 aliphatic rings. The van der Waals surface area contributed by atoms with Gasteiger partial charge in [0.1, 0.15) is 22.8 Å². The normalized spacial score (nSPS) is 9.60. The molecule has 0 aliphatic heterocycles. The molecule has 0 radical (unpaired) electrons. The van der Waals surface area contributed by atoms with E-state index in [1.54, 1.807) is 27.7 Å². The highest BCUT2D eigenvalue weighted by Crippen LogP contribution is 2.34. The molecule has 0 aliphatic carbocycles. The molecular weight excluding hydrogens is 396 g/mol. The third-order valence-corrected chi connectivity index (χ3v) is 3.25. The molecule has 0 saturated heterocycles. The van der Waals surface area contributed by atoms with Crippen molar-refractivity contribution in [1.29, 1.82) is 0 Å². The summed E-state index contributed by atoms with van der Waals surface area (Å²) in [6, 6.07) is 2.91. The summed E-state index contributed by atoms with van der Waals surface area (Å²) in [6.07, 6.45) is 0. The number of carbonyl (C=O) groups is 3. The van der Waals surface area contributed by atoms with Crippen LogP contribution in [0.25, 0.3) is 0 Å². The van der Waals surface area contributed by atoms with Crippen molar-refractivity contribution in [3.05, 3.63) is 17.7 Å². The fraction of sp³-hybridized carbons (Fsp3) is 0.476. The summed E-state index contributed by atoms with van der Waals surface area (Å²) < 4.78 is 31.0. The van der Waals surface area contributed by atoms with Gasteiger partial charge >= 0.3 is 17.9 Å².